The number of amides is 3. The molecule has 7 nitrogen and oxygen atoms in total. The Hall–Kier alpha value is -3.61. The SMILES string of the molecule is C=CCN(C(=O)CNC(=O)OC(C)(C)C)C(C(=O)NCc1ccccc1)c1cccc(C)c1. The summed E-state index contributed by atoms with van der Waals surface area (Å²) >= 11 is 0. The Labute approximate surface area is 195 Å². The lowest BCUT2D eigenvalue weighted by molar-refractivity contribution is -0.139. The molecular formula is C26H33N3O4. The summed E-state index contributed by atoms with van der Waals surface area (Å²) in [5, 5.41) is 5.40. The zero-order chi connectivity index (χ0) is 24.4. The van der Waals surface area contributed by atoms with Crippen molar-refractivity contribution in [2.24, 2.45) is 0 Å². The second-order valence-electron chi connectivity index (χ2n) is 8.71. The van der Waals surface area contributed by atoms with Crippen molar-refractivity contribution in [3.63, 3.8) is 0 Å². The van der Waals surface area contributed by atoms with E-state index in [1.807, 2.05) is 61.5 Å². The van der Waals surface area contributed by atoms with Gasteiger partial charge in [-0.1, -0.05) is 66.2 Å². The fourth-order valence-electron chi connectivity index (χ4n) is 3.25. The molecule has 0 heterocycles. The molecule has 7 heteroatoms. The molecular weight excluding hydrogens is 418 g/mol. The molecule has 0 spiro atoms. The Bertz CT molecular complexity index is 967. The average Bonchev–Trinajstić information content (AvgIpc) is 2.75. The van der Waals surface area contributed by atoms with Crippen LogP contribution in [0.25, 0.3) is 0 Å². The highest BCUT2D eigenvalue weighted by Gasteiger charge is 2.31. The predicted molar refractivity (Wildman–Crippen MR) is 128 cm³/mol. The van der Waals surface area contributed by atoms with Crippen LogP contribution in [0.4, 0.5) is 4.79 Å². The van der Waals surface area contributed by atoms with Crippen molar-refractivity contribution in [1.29, 1.82) is 0 Å². The number of nitrogens with one attached hydrogen (secondary N) is 2. The summed E-state index contributed by atoms with van der Waals surface area (Å²) in [6.45, 7) is 11.0. The van der Waals surface area contributed by atoms with E-state index in [0.717, 1.165) is 11.1 Å². The fraction of sp³-hybridized carbons (Fsp3) is 0.346. The minimum Gasteiger partial charge on any atom is -0.444 e. The third-order valence-electron chi connectivity index (χ3n) is 4.66. The number of nitrogens with zero attached hydrogens (tertiary/aromatic N) is 1. The molecule has 0 aliphatic rings. The average molecular weight is 452 g/mol. The summed E-state index contributed by atoms with van der Waals surface area (Å²) in [5.41, 5.74) is 1.90. The maximum atomic E-state index is 13.3. The highest BCUT2D eigenvalue weighted by molar-refractivity contribution is 5.90. The first-order chi connectivity index (χ1) is 15.6. The van der Waals surface area contributed by atoms with Crippen LogP contribution in [0.1, 0.15) is 43.5 Å². The number of aryl methyl sites for hydroxylation is 1. The summed E-state index contributed by atoms with van der Waals surface area (Å²) in [7, 11) is 0. The Balaban J connectivity index is 2.24. The maximum Gasteiger partial charge on any atom is 0.408 e. The van der Waals surface area contributed by atoms with E-state index in [1.165, 1.54) is 4.90 Å². The van der Waals surface area contributed by atoms with Crippen LogP contribution >= 0.6 is 0 Å². The van der Waals surface area contributed by atoms with Crippen LogP contribution < -0.4 is 10.6 Å². The smallest absolute Gasteiger partial charge is 0.408 e. The van der Waals surface area contributed by atoms with E-state index in [1.54, 1.807) is 26.8 Å². The van der Waals surface area contributed by atoms with Crippen LogP contribution in [-0.4, -0.2) is 41.5 Å². The molecule has 3 amide bonds. The monoisotopic (exact) mass is 451 g/mol. The van der Waals surface area contributed by atoms with Gasteiger partial charge in [-0.25, -0.2) is 4.79 Å². The number of carbonyl (C=O) groups excluding carboxylic acids is 3. The second kappa shape index (κ2) is 11.9. The Morgan fingerprint density at radius 2 is 1.76 bits per heavy atom. The fourth-order valence-corrected chi connectivity index (χ4v) is 3.25. The Morgan fingerprint density at radius 1 is 1.06 bits per heavy atom. The zero-order valence-electron chi connectivity index (χ0n) is 19.8. The standard InChI is InChI=1S/C26H33N3O4/c1-6-15-29(22(30)18-28-25(32)33-26(3,4)5)23(21-14-10-11-19(2)16-21)24(31)27-17-20-12-8-7-9-13-20/h6-14,16,23H,1,15,17-18H2,2-5H3,(H,27,31)(H,28,32). The van der Waals surface area contributed by atoms with Gasteiger partial charge in [0.25, 0.3) is 0 Å². The van der Waals surface area contributed by atoms with Crippen LogP contribution in [-0.2, 0) is 20.9 Å². The molecule has 0 saturated heterocycles. The number of hydrogen-bond acceptors (Lipinski definition) is 4. The number of benzene rings is 2. The molecule has 0 bridgehead atoms. The largest absolute Gasteiger partial charge is 0.444 e. The van der Waals surface area contributed by atoms with Crippen LogP contribution in [0.2, 0.25) is 0 Å². The van der Waals surface area contributed by atoms with E-state index >= 15 is 0 Å². The van der Waals surface area contributed by atoms with Crippen molar-refractivity contribution in [1.82, 2.24) is 15.5 Å². The number of carbonyl (C=O) groups is 3. The first-order valence-electron chi connectivity index (χ1n) is 10.9. The van der Waals surface area contributed by atoms with Crippen molar-refractivity contribution in [2.45, 2.75) is 45.9 Å². The molecule has 0 saturated carbocycles. The van der Waals surface area contributed by atoms with Crippen LogP contribution in [0.15, 0.2) is 67.3 Å². The molecule has 176 valence electrons. The van der Waals surface area contributed by atoms with E-state index in [2.05, 4.69) is 17.2 Å². The molecule has 2 rings (SSSR count). The predicted octanol–water partition coefficient (Wildman–Crippen LogP) is 3.89. The second-order valence-corrected chi connectivity index (χ2v) is 8.71. The van der Waals surface area contributed by atoms with E-state index in [0.29, 0.717) is 12.1 Å². The van der Waals surface area contributed by atoms with Crippen molar-refractivity contribution in [2.75, 3.05) is 13.1 Å². The topological polar surface area (TPSA) is 87.7 Å². The zero-order valence-corrected chi connectivity index (χ0v) is 19.8. The van der Waals surface area contributed by atoms with Gasteiger partial charge in [-0.3, -0.25) is 9.59 Å². The Morgan fingerprint density at radius 3 is 2.36 bits per heavy atom. The van der Waals surface area contributed by atoms with Gasteiger partial charge in [0.15, 0.2) is 0 Å². The molecule has 1 atom stereocenters. The van der Waals surface area contributed by atoms with Crippen molar-refractivity contribution in [3.05, 3.63) is 83.9 Å². The van der Waals surface area contributed by atoms with Crippen LogP contribution in [0.3, 0.4) is 0 Å². The van der Waals surface area contributed by atoms with E-state index in [4.69, 9.17) is 4.74 Å². The van der Waals surface area contributed by atoms with Gasteiger partial charge in [0.1, 0.15) is 18.2 Å². The maximum absolute atomic E-state index is 13.3. The lowest BCUT2D eigenvalue weighted by Crippen LogP contribution is -2.47. The van der Waals surface area contributed by atoms with E-state index in [9.17, 15) is 14.4 Å². The summed E-state index contributed by atoms with van der Waals surface area (Å²) in [5.74, 6) is -0.751. The first-order valence-corrected chi connectivity index (χ1v) is 10.9. The van der Waals surface area contributed by atoms with Crippen molar-refractivity contribution in [3.8, 4) is 0 Å². The molecule has 2 aromatic carbocycles. The number of hydrogen-bond donors (Lipinski definition) is 2. The van der Waals surface area contributed by atoms with Gasteiger partial charge >= 0.3 is 6.09 Å². The van der Waals surface area contributed by atoms with Gasteiger partial charge < -0.3 is 20.3 Å². The minimum atomic E-state index is -0.889. The highest BCUT2D eigenvalue weighted by atomic mass is 16.6. The van der Waals surface area contributed by atoms with Gasteiger partial charge in [-0.2, -0.15) is 0 Å². The lowest BCUT2D eigenvalue weighted by atomic mass is 10.0. The molecule has 0 fully saturated rings. The third-order valence-corrected chi connectivity index (χ3v) is 4.66. The quantitative estimate of drug-likeness (QED) is 0.566. The molecule has 0 aliphatic heterocycles. The molecule has 2 aromatic rings. The molecule has 0 aromatic heterocycles. The number of alkyl carbamates (subject to hydrolysis) is 1. The summed E-state index contributed by atoms with van der Waals surface area (Å²) in [6, 6.07) is 16.1. The molecule has 1 unspecified atom stereocenters. The third kappa shape index (κ3) is 8.44. The Kier molecular flexibility index (Phi) is 9.21. The van der Waals surface area contributed by atoms with Gasteiger partial charge in [0.05, 0.1) is 0 Å². The lowest BCUT2D eigenvalue weighted by Gasteiger charge is -2.31. The van der Waals surface area contributed by atoms with Crippen molar-refractivity contribution >= 4 is 17.9 Å². The first kappa shape index (κ1) is 25.6. The van der Waals surface area contributed by atoms with Gasteiger partial charge in [0, 0.05) is 13.1 Å². The van der Waals surface area contributed by atoms with Gasteiger partial charge in [-0.05, 0) is 38.8 Å². The van der Waals surface area contributed by atoms with E-state index < -0.39 is 23.6 Å². The summed E-state index contributed by atoms with van der Waals surface area (Å²) in [6.07, 6.45) is 0.855. The normalized spacial score (nSPS) is 11.8. The molecule has 0 radical (unpaired) electrons. The molecule has 2 N–H and O–H groups in total. The molecule has 33 heavy (non-hydrogen) atoms. The van der Waals surface area contributed by atoms with Crippen molar-refractivity contribution < 1.29 is 19.1 Å². The number of ether oxygens (including phenoxy) is 1. The summed E-state index contributed by atoms with van der Waals surface area (Å²) < 4.78 is 5.20. The van der Waals surface area contributed by atoms with Gasteiger partial charge in [0.2, 0.25) is 11.8 Å². The minimum absolute atomic E-state index is 0.131. The highest BCUT2D eigenvalue weighted by Crippen LogP contribution is 2.23. The number of rotatable bonds is 9. The van der Waals surface area contributed by atoms with Gasteiger partial charge in [-0.15, -0.1) is 6.58 Å². The van der Waals surface area contributed by atoms with E-state index in [-0.39, 0.29) is 19.0 Å². The van der Waals surface area contributed by atoms with Crippen LogP contribution in [0, 0.1) is 6.92 Å². The van der Waals surface area contributed by atoms with Crippen LogP contribution in [0.5, 0.6) is 0 Å². The molecule has 0 aliphatic carbocycles. The summed E-state index contributed by atoms with van der Waals surface area (Å²) in [4.78, 5) is 39.9.